The lowest BCUT2D eigenvalue weighted by Crippen LogP contribution is -2.43. The van der Waals surface area contributed by atoms with E-state index in [2.05, 4.69) is 100 Å². The number of benzene rings is 3. The van der Waals surface area contributed by atoms with E-state index in [9.17, 15) is 0 Å². The lowest BCUT2D eigenvalue weighted by molar-refractivity contribution is -0.735. The summed E-state index contributed by atoms with van der Waals surface area (Å²) >= 11 is 0. The van der Waals surface area contributed by atoms with Gasteiger partial charge >= 0.3 is 5.82 Å². The van der Waals surface area contributed by atoms with Gasteiger partial charge in [0, 0.05) is 10.4 Å². The topological polar surface area (TPSA) is 47.0 Å². The molecule has 32 heavy (non-hydrogen) atoms. The summed E-state index contributed by atoms with van der Waals surface area (Å²) < 4.78 is 0. The molecule has 1 aliphatic rings. The van der Waals surface area contributed by atoms with E-state index in [1.54, 1.807) is 0 Å². The van der Waals surface area contributed by atoms with E-state index in [0.717, 1.165) is 35.5 Å². The summed E-state index contributed by atoms with van der Waals surface area (Å²) in [6.45, 7) is 8.58. The molecule has 1 aromatic heterocycles. The smallest absolute Gasteiger partial charge is 0.272 e. The Morgan fingerprint density at radius 1 is 0.906 bits per heavy atom. The van der Waals surface area contributed by atoms with Crippen molar-refractivity contribution in [3.63, 3.8) is 0 Å². The van der Waals surface area contributed by atoms with Gasteiger partial charge < -0.3 is 0 Å². The van der Waals surface area contributed by atoms with Gasteiger partial charge in [-0.25, -0.2) is 0 Å². The van der Waals surface area contributed by atoms with Crippen molar-refractivity contribution >= 4 is 5.71 Å². The van der Waals surface area contributed by atoms with Gasteiger partial charge in [0.25, 0.3) is 0 Å². The van der Waals surface area contributed by atoms with Gasteiger partial charge in [0.05, 0.1) is 10.6 Å². The van der Waals surface area contributed by atoms with Crippen LogP contribution in [0, 0.1) is 13.8 Å². The molecule has 0 saturated heterocycles. The summed E-state index contributed by atoms with van der Waals surface area (Å²) in [6.07, 6.45) is 1.89. The van der Waals surface area contributed by atoms with Crippen LogP contribution >= 0.6 is 0 Å². The van der Waals surface area contributed by atoms with E-state index in [1.807, 2.05) is 9.59 Å². The summed E-state index contributed by atoms with van der Waals surface area (Å²) in [7, 11) is 0. The van der Waals surface area contributed by atoms with Gasteiger partial charge in [-0.1, -0.05) is 66.6 Å². The zero-order valence-corrected chi connectivity index (χ0v) is 19.1. The van der Waals surface area contributed by atoms with Crippen LogP contribution in [0.2, 0.25) is 0 Å². The van der Waals surface area contributed by atoms with E-state index in [-0.39, 0.29) is 5.54 Å². The van der Waals surface area contributed by atoms with Crippen LogP contribution in [-0.4, -0.2) is 26.2 Å². The van der Waals surface area contributed by atoms with Crippen LogP contribution < -0.4 is 4.80 Å². The molecule has 0 spiro atoms. The molecule has 3 aromatic carbocycles. The molecule has 160 valence electrons. The van der Waals surface area contributed by atoms with Gasteiger partial charge in [0.1, 0.15) is 11.4 Å². The van der Waals surface area contributed by atoms with Crippen molar-refractivity contribution in [2.75, 3.05) is 0 Å². The molecule has 0 bridgehead atoms. The molecule has 0 fully saturated rings. The van der Waals surface area contributed by atoms with E-state index in [4.69, 9.17) is 15.2 Å². The molecule has 1 unspecified atom stereocenters. The SMILES string of the molecule is CCC1(C)Cc2ccccc2C(c2nn(-c3ccc(C)cc3)[n+](-c3ccc(C)cc3)n2)=N1. The van der Waals surface area contributed by atoms with Gasteiger partial charge in [0.15, 0.2) is 5.69 Å². The Kier molecular flexibility index (Phi) is 4.97. The predicted molar refractivity (Wildman–Crippen MR) is 127 cm³/mol. The highest BCUT2D eigenvalue weighted by atomic mass is 15.7. The fraction of sp³-hybridized carbons (Fsp3) is 0.259. The highest BCUT2D eigenvalue weighted by molar-refractivity contribution is 6.12. The zero-order chi connectivity index (χ0) is 22.3. The number of fused-ring (bicyclic) bond motifs is 1. The molecular formula is C27H28N5+. The maximum absolute atomic E-state index is 5.18. The number of aliphatic imine (C=N–C) groups is 1. The number of tetrazole rings is 1. The number of rotatable bonds is 4. The summed E-state index contributed by atoms with van der Waals surface area (Å²) in [5, 5.41) is 9.94. The number of aromatic nitrogens is 4. The van der Waals surface area contributed by atoms with Crippen LogP contribution in [0.5, 0.6) is 0 Å². The van der Waals surface area contributed by atoms with E-state index in [0.29, 0.717) is 5.82 Å². The second kappa shape index (κ2) is 7.83. The summed E-state index contributed by atoms with van der Waals surface area (Å²) in [5.74, 6) is 0.637. The maximum Gasteiger partial charge on any atom is 0.358 e. The van der Waals surface area contributed by atoms with Crippen LogP contribution in [-0.2, 0) is 6.42 Å². The molecule has 0 aliphatic carbocycles. The minimum absolute atomic E-state index is 0.159. The van der Waals surface area contributed by atoms with Gasteiger partial charge in [-0.2, -0.15) is 0 Å². The largest absolute Gasteiger partial charge is 0.358 e. The Labute approximate surface area is 189 Å². The van der Waals surface area contributed by atoms with Crippen molar-refractivity contribution in [1.82, 2.24) is 15.0 Å². The van der Waals surface area contributed by atoms with Crippen LogP contribution in [0.15, 0.2) is 77.8 Å². The second-order valence-electron chi connectivity index (χ2n) is 8.92. The molecule has 5 nitrogen and oxygen atoms in total. The molecule has 4 aromatic rings. The molecule has 1 aliphatic heterocycles. The minimum atomic E-state index is -0.159. The second-order valence-corrected chi connectivity index (χ2v) is 8.92. The summed E-state index contributed by atoms with van der Waals surface area (Å²) in [4.78, 5) is 8.91. The monoisotopic (exact) mass is 422 g/mol. The van der Waals surface area contributed by atoms with Crippen molar-refractivity contribution in [3.05, 3.63) is 101 Å². The number of aryl methyl sites for hydroxylation is 2. The number of nitrogens with zero attached hydrogens (tertiary/aromatic N) is 5. The quantitative estimate of drug-likeness (QED) is 0.447. The first-order valence-corrected chi connectivity index (χ1v) is 11.2. The van der Waals surface area contributed by atoms with Crippen molar-refractivity contribution < 1.29 is 4.80 Å². The Hall–Kier alpha value is -3.60. The summed E-state index contributed by atoms with van der Waals surface area (Å²) in [6, 6.07) is 25.2. The fourth-order valence-corrected chi connectivity index (χ4v) is 4.13. The Balaban J connectivity index is 1.72. The molecular weight excluding hydrogens is 394 g/mol. The number of hydrogen-bond donors (Lipinski definition) is 0. The van der Waals surface area contributed by atoms with Gasteiger partial charge in [-0.05, 0) is 73.3 Å². The highest BCUT2D eigenvalue weighted by Crippen LogP contribution is 2.31. The lowest BCUT2D eigenvalue weighted by Gasteiger charge is -2.29. The molecule has 0 amide bonds. The number of hydrogen-bond acceptors (Lipinski definition) is 3. The first-order valence-electron chi connectivity index (χ1n) is 11.2. The van der Waals surface area contributed by atoms with Gasteiger partial charge in [-0.3, -0.25) is 4.99 Å². The predicted octanol–water partition coefficient (Wildman–Crippen LogP) is 4.72. The third-order valence-corrected chi connectivity index (χ3v) is 6.29. The van der Waals surface area contributed by atoms with Crippen LogP contribution in [0.1, 0.15) is 48.3 Å². The van der Waals surface area contributed by atoms with E-state index in [1.165, 1.54) is 16.7 Å². The molecule has 0 N–H and O–H groups in total. The van der Waals surface area contributed by atoms with Crippen molar-refractivity contribution in [2.45, 2.75) is 46.1 Å². The van der Waals surface area contributed by atoms with Crippen molar-refractivity contribution in [2.24, 2.45) is 4.99 Å². The first kappa shape index (κ1) is 20.3. The third-order valence-electron chi connectivity index (χ3n) is 6.29. The Bertz CT molecular complexity index is 1240. The van der Waals surface area contributed by atoms with Gasteiger partial charge in [-0.15, -0.1) is 0 Å². The minimum Gasteiger partial charge on any atom is -0.272 e. The molecule has 0 saturated carbocycles. The molecule has 2 heterocycles. The van der Waals surface area contributed by atoms with Crippen molar-refractivity contribution in [3.8, 4) is 11.4 Å². The third kappa shape index (κ3) is 3.64. The summed E-state index contributed by atoms with van der Waals surface area (Å²) in [5.41, 5.74) is 7.46. The van der Waals surface area contributed by atoms with Gasteiger partial charge in [0.2, 0.25) is 0 Å². The normalized spacial score (nSPS) is 17.7. The highest BCUT2D eigenvalue weighted by Gasteiger charge is 2.35. The van der Waals surface area contributed by atoms with Crippen molar-refractivity contribution in [1.29, 1.82) is 0 Å². The average molecular weight is 423 g/mol. The van der Waals surface area contributed by atoms with Crippen LogP contribution in [0.4, 0.5) is 0 Å². The molecule has 1 atom stereocenters. The van der Waals surface area contributed by atoms with E-state index >= 15 is 0 Å². The Morgan fingerprint density at radius 2 is 1.56 bits per heavy atom. The molecule has 0 radical (unpaired) electrons. The van der Waals surface area contributed by atoms with Crippen LogP contribution in [0.25, 0.3) is 11.4 Å². The molecule has 5 heteroatoms. The van der Waals surface area contributed by atoms with E-state index < -0.39 is 0 Å². The Morgan fingerprint density at radius 3 is 2.25 bits per heavy atom. The fourth-order valence-electron chi connectivity index (χ4n) is 4.13. The standard InChI is InChI=1S/C27H28N5/c1-5-27(4)18-21-8-6-7-9-24(21)25(28-27)26-29-31(22-14-10-19(2)11-15-22)32(30-26)23-16-12-20(3)13-17-23/h6-17H,5,18H2,1-4H3/q+1. The average Bonchev–Trinajstić information content (AvgIpc) is 3.25. The first-order chi connectivity index (χ1) is 15.5. The maximum atomic E-state index is 5.18. The van der Waals surface area contributed by atoms with Crippen LogP contribution in [0.3, 0.4) is 0 Å². The molecule has 5 rings (SSSR count). The lowest BCUT2D eigenvalue weighted by atomic mass is 9.84. The zero-order valence-electron chi connectivity index (χ0n) is 19.1.